The zero-order chi connectivity index (χ0) is 24.3. The first kappa shape index (κ1) is 24.6. The number of sulfonamides is 1. The summed E-state index contributed by atoms with van der Waals surface area (Å²) in [4.78, 5) is 17.5. The molecule has 1 aromatic carbocycles. The van der Waals surface area contributed by atoms with Crippen LogP contribution in [-0.2, 0) is 14.8 Å². The molecule has 1 aromatic heterocycles. The molecule has 0 N–H and O–H groups in total. The van der Waals surface area contributed by atoms with Gasteiger partial charge in [0.1, 0.15) is 5.69 Å². The molecule has 0 bridgehead atoms. The monoisotopic (exact) mass is 486 g/mol. The van der Waals surface area contributed by atoms with Crippen molar-refractivity contribution < 1.29 is 17.7 Å². The molecule has 2 aliphatic rings. The van der Waals surface area contributed by atoms with Crippen molar-refractivity contribution in [2.45, 2.75) is 38.5 Å². The summed E-state index contributed by atoms with van der Waals surface area (Å²) in [7, 11) is -3.85. The molecule has 1 atom stereocenters. The number of amides is 1. The van der Waals surface area contributed by atoms with Gasteiger partial charge in [-0.3, -0.25) is 4.79 Å². The molecule has 8 nitrogen and oxygen atoms in total. The zero-order valence-electron chi connectivity index (χ0n) is 20.2. The highest BCUT2D eigenvalue weighted by molar-refractivity contribution is 7.89. The van der Waals surface area contributed by atoms with Gasteiger partial charge in [-0.2, -0.15) is 4.31 Å². The second-order valence-corrected chi connectivity index (χ2v) is 11.0. The van der Waals surface area contributed by atoms with Crippen LogP contribution in [0.4, 0.5) is 0 Å². The largest absolute Gasteiger partial charge is 0.355 e. The molecular weight excluding hydrogens is 452 g/mol. The molecule has 2 aromatic rings. The Morgan fingerprint density at radius 2 is 1.79 bits per heavy atom. The summed E-state index contributed by atoms with van der Waals surface area (Å²) in [5, 5.41) is 3.93. The van der Waals surface area contributed by atoms with Crippen molar-refractivity contribution in [1.29, 1.82) is 0 Å². The van der Waals surface area contributed by atoms with Crippen LogP contribution in [0.15, 0.2) is 33.7 Å². The van der Waals surface area contributed by atoms with Crippen LogP contribution in [-0.4, -0.2) is 79.4 Å². The number of hydrogen-bond acceptors (Lipinski definition) is 6. The fraction of sp³-hybridized carbons (Fsp3) is 0.520. The number of carbonyl (C=O) groups excluding carboxylic acids is 1. The number of carbonyl (C=O) groups is 1. The van der Waals surface area contributed by atoms with Gasteiger partial charge in [-0.05, 0) is 44.9 Å². The fourth-order valence-corrected chi connectivity index (χ4v) is 6.46. The lowest BCUT2D eigenvalue weighted by molar-refractivity contribution is -0.138. The van der Waals surface area contributed by atoms with Gasteiger partial charge in [0, 0.05) is 39.3 Å². The second-order valence-electron chi connectivity index (χ2n) is 9.17. The Balaban J connectivity index is 1.50. The van der Waals surface area contributed by atoms with Gasteiger partial charge in [0.15, 0.2) is 10.7 Å². The number of aromatic nitrogens is 1. The molecule has 0 unspecified atom stereocenters. The van der Waals surface area contributed by atoms with E-state index in [1.807, 2.05) is 42.2 Å². The van der Waals surface area contributed by atoms with Gasteiger partial charge in [-0.15, -0.1) is 0 Å². The van der Waals surface area contributed by atoms with E-state index in [-0.39, 0.29) is 29.0 Å². The van der Waals surface area contributed by atoms with Gasteiger partial charge in [-0.1, -0.05) is 48.0 Å². The van der Waals surface area contributed by atoms with Crippen LogP contribution >= 0.6 is 0 Å². The maximum Gasteiger partial charge on any atom is 0.248 e. The van der Waals surface area contributed by atoms with Crippen LogP contribution in [0, 0.1) is 19.8 Å². The number of piperazine rings is 1. The number of likely N-dealkylation sites (N-methyl/N-ethyl adjacent to an activating group) is 1. The average Bonchev–Trinajstić information content (AvgIpc) is 3.24. The number of rotatable bonds is 6. The highest BCUT2D eigenvalue weighted by Gasteiger charge is 2.38. The number of piperidine rings is 1. The Morgan fingerprint density at radius 1 is 1.09 bits per heavy atom. The molecule has 2 saturated heterocycles. The van der Waals surface area contributed by atoms with Crippen LogP contribution in [0.25, 0.3) is 12.2 Å². The normalized spacial score (nSPS) is 20.8. The molecular formula is C25H34N4O4S. The van der Waals surface area contributed by atoms with E-state index in [2.05, 4.69) is 17.0 Å². The molecule has 0 aliphatic carbocycles. The summed E-state index contributed by atoms with van der Waals surface area (Å²) < 4.78 is 34.1. The minimum Gasteiger partial charge on any atom is -0.355 e. The standard InChI is InChI=1S/C25H34N4O4S/c1-4-27-14-16-28(17-15-27)25(30)22-6-5-13-29(18-22)34(31,32)24-20(3)26-33-23(24)12-11-21-9-7-19(2)8-10-21/h7-12,22H,4-6,13-18H2,1-3H3/b12-11+/t22-/m1/s1. The smallest absolute Gasteiger partial charge is 0.248 e. The molecule has 0 radical (unpaired) electrons. The van der Waals surface area contributed by atoms with E-state index < -0.39 is 10.0 Å². The first-order chi connectivity index (χ1) is 16.3. The fourth-order valence-electron chi connectivity index (χ4n) is 4.68. The Hall–Kier alpha value is -2.49. The molecule has 2 aliphatic heterocycles. The highest BCUT2D eigenvalue weighted by Crippen LogP contribution is 2.30. The molecule has 34 heavy (non-hydrogen) atoms. The van der Waals surface area contributed by atoms with E-state index in [0.717, 1.165) is 30.8 Å². The summed E-state index contributed by atoms with van der Waals surface area (Å²) in [6.45, 7) is 10.5. The van der Waals surface area contributed by atoms with Crippen LogP contribution in [0.3, 0.4) is 0 Å². The van der Waals surface area contributed by atoms with Gasteiger partial charge in [0.25, 0.3) is 0 Å². The van der Waals surface area contributed by atoms with Crippen molar-refractivity contribution in [3.8, 4) is 0 Å². The summed E-state index contributed by atoms with van der Waals surface area (Å²) in [5.74, 6) is -0.0391. The van der Waals surface area contributed by atoms with E-state index in [9.17, 15) is 13.2 Å². The van der Waals surface area contributed by atoms with Gasteiger partial charge in [0.05, 0.1) is 5.92 Å². The second kappa shape index (κ2) is 10.4. The summed E-state index contributed by atoms with van der Waals surface area (Å²) in [6.07, 6.45) is 4.83. The maximum absolute atomic E-state index is 13.6. The van der Waals surface area contributed by atoms with Crippen LogP contribution in [0.5, 0.6) is 0 Å². The first-order valence-corrected chi connectivity index (χ1v) is 13.5. The van der Waals surface area contributed by atoms with Gasteiger partial charge >= 0.3 is 0 Å². The Labute approximate surface area is 202 Å². The van der Waals surface area contributed by atoms with Crippen molar-refractivity contribution in [3.63, 3.8) is 0 Å². The van der Waals surface area contributed by atoms with Gasteiger partial charge in [-0.25, -0.2) is 8.42 Å². The van der Waals surface area contributed by atoms with Crippen molar-refractivity contribution in [2.75, 3.05) is 45.8 Å². The minimum atomic E-state index is -3.85. The number of benzene rings is 1. The minimum absolute atomic E-state index is 0.0668. The third-order valence-electron chi connectivity index (χ3n) is 6.80. The van der Waals surface area contributed by atoms with Gasteiger partial charge in [0.2, 0.25) is 15.9 Å². The predicted molar refractivity (Wildman–Crippen MR) is 132 cm³/mol. The van der Waals surface area contributed by atoms with Crippen LogP contribution in [0.1, 0.15) is 42.3 Å². The average molecular weight is 487 g/mol. The van der Waals surface area contributed by atoms with E-state index in [4.69, 9.17) is 4.52 Å². The van der Waals surface area contributed by atoms with Crippen molar-refractivity contribution in [3.05, 3.63) is 46.8 Å². The van der Waals surface area contributed by atoms with E-state index in [1.165, 1.54) is 4.31 Å². The third kappa shape index (κ3) is 5.26. The number of hydrogen-bond donors (Lipinski definition) is 0. The Bertz CT molecular complexity index is 1130. The van der Waals surface area contributed by atoms with Crippen LogP contribution < -0.4 is 0 Å². The maximum atomic E-state index is 13.6. The lowest BCUT2D eigenvalue weighted by atomic mass is 9.98. The van der Waals surface area contributed by atoms with E-state index in [1.54, 1.807) is 13.0 Å². The first-order valence-electron chi connectivity index (χ1n) is 12.0. The zero-order valence-corrected chi connectivity index (χ0v) is 21.1. The molecule has 3 heterocycles. The molecule has 4 rings (SSSR count). The quantitative estimate of drug-likeness (QED) is 0.624. The van der Waals surface area contributed by atoms with Crippen molar-refractivity contribution in [1.82, 2.24) is 19.3 Å². The lowest BCUT2D eigenvalue weighted by Crippen LogP contribution is -2.52. The lowest BCUT2D eigenvalue weighted by Gasteiger charge is -2.38. The summed E-state index contributed by atoms with van der Waals surface area (Å²) in [5.41, 5.74) is 2.42. The molecule has 184 valence electrons. The molecule has 9 heteroatoms. The molecule has 2 fully saturated rings. The summed E-state index contributed by atoms with van der Waals surface area (Å²) in [6, 6.07) is 7.92. The highest BCUT2D eigenvalue weighted by atomic mass is 32.2. The Kier molecular flexibility index (Phi) is 7.54. The molecule has 0 spiro atoms. The van der Waals surface area contributed by atoms with Crippen LogP contribution in [0.2, 0.25) is 0 Å². The van der Waals surface area contributed by atoms with E-state index in [0.29, 0.717) is 38.2 Å². The Morgan fingerprint density at radius 3 is 2.47 bits per heavy atom. The molecule has 0 saturated carbocycles. The number of aryl methyl sites for hydroxylation is 2. The van der Waals surface area contributed by atoms with Crippen molar-refractivity contribution >= 4 is 28.1 Å². The summed E-state index contributed by atoms with van der Waals surface area (Å²) >= 11 is 0. The van der Waals surface area contributed by atoms with E-state index >= 15 is 0 Å². The topological polar surface area (TPSA) is 87.0 Å². The van der Waals surface area contributed by atoms with Gasteiger partial charge < -0.3 is 14.3 Å². The number of nitrogens with zero attached hydrogens (tertiary/aromatic N) is 4. The van der Waals surface area contributed by atoms with Crippen molar-refractivity contribution in [2.24, 2.45) is 5.92 Å². The predicted octanol–water partition coefficient (Wildman–Crippen LogP) is 3.03. The SMILES string of the molecule is CCN1CCN(C(=O)[C@@H]2CCCN(S(=O)(=O)c3c(C)noc3/C=C/c3ccc(C)cc3)C2)CC1. The third-order valence-corrected chi connectivity index (χ3v) is 8.82. The molecule has 1 amide bonds.